The summed E-state index contributed by atoms with van der Waals surface area (Å²) in [5, 5.41) is 5.88. The molecule has 0 spiro atoms. The van der Waals surface area contributed by atoms with E-state index in [2.05, 4.69) is 5.32 Å². The molecule has 3 N–H and O–H groups in total. The second-order valence-corrected chi connectivity index (χ2v) is 6.54. The molecule has 4 rings (SSSR count). The summed E-state index contributed by atoms with van der Waals surface area (Å²) in [4.78, 5) is 16.1. The minimum absolute atomic E-state index is 0.0643. The van der Waals surface area contributed by atoms with Crippen LogP contribution in [-0.4, -0.2) is 17.5 Å². The van der Waals surface area contributed by atoms with E-state index in [0.717, 1.165) is 28.4 Å². The molecule has 0 atom stereocenters. The third-order valence-electron chi connectivity index (χ3n) is 3.79. The third kappa shape index (κ3) is 2.96. The molecular weight excluding hydrogens is 322 g/mol. The zero-order valence-electron chi connectivity index (χ0n) is 12.8. The number of ether oxygens (including phenoxy) is 1. The first-order valence-corrected chi connectivity index (χ1v) is 8.41. The maximum absolute atomic E-state index is 11.4. The van der Waals surface area contributed by atoms with Gasteiger partial charge < -0.3 is 15.8 Å². The van der Waals surface area contributed by atoms with Crippen LogP contribution in [0, 0.1) is 0 Å². The molecule has 1 aliphatic rings. The number of carbonyl (C=O) groups excluding carboxylic acids is 1. The van der Waals surface area contributed by atoms with Gasteiger partial charge in [-0.05, 0) is 35.9 Å². The van der Waals surface area contributed by atoms with Gasteiger partial charge in [-0.15, -0.1) is 11.3 Å². The van der Waals surface area contributed by atoms with Crippen LogP contribution < -0.4 is 15.8 Å². The predicted molar refractivity (Wildman–Crippen MR) is 95.3 cm³/mol. The van der Waals surface area contributed by atoms with Gasteiger partial charge in [-0.2, -0.15) is 0 Å². The number of hydrogen-bond acceptors (Lipinski definition) is 5. The highest BCUT2D eigenvalue weighted by atomic mass is 32.1. The Morgan fingerprint density at radius 3 is 2.88 bits per heavy atom. The van der Waals surface area contributed by atoms with Crippen molar-refractivity contribution in [3.8, 4) is 17.0 Å². The van der Waals surface area contributed by atoms with Crippen LogP contribution in [0.2, 0.25) is 0 Å². The number of fused-ring (bicyclic) bond motifs is 1. The summed E-state index contributed by atoms with van der Waals surface area (Å²) >= 11 is 1.62. The Morgan fingerprint density at radius 1 is 1.21 bits per heavy atom. The molecule has 2 heterocycles. The smallest absolute Gasteiger partial charge is 0.262 e. The molecular formula is C18H15N3O2S. The fraction of sp³-hybridized carbons (Fsp3) is 0.111. The highest BCUT2D eigenvalue weighted by Gasteiger charge is 2.17. The zero-order chi connectivity index (χ0) is 16.5. The van der Waals surface area contributed by atoms with E-state index < -0.39 is 0 Å². The minimum atomic E-state index is -0.137. The van der Waals surface area contributed by atoms with Crippen LogP contribution in [0.15, 0.2) is 47.8 Å². The summed E-state index contributed by atoms with van der Waals surface area (Å²) in [5.74, 6) is 0.553. The predicted octanol–water partition coefficient (Wildman–Crippen LogP) is 3.31. The van der Waals surface area contributed by atoms with Gasteiger partial charge in [0.05, 0.1) is 16.4 Å². The van der Waals surface area contributed by atoms with Crippen LogP contribution >= 0.6 is 11.3 Å². The topological polar surface area (TPSA) is 77.2 Å². The molecule has 0 fully saturated rings. The van der Waals surface area contributed by atoms with Crippen LogP contribution in [0.5, 0.6) is 5.75 Å². The van der Waals surface area contributed by atoms with E-state index in [-0.39, 0.29) is 12.5 Å². The van der Waals surface area contributed by atoms with Gasteiger partial charge >= 0.3 is 0 Å². The number of thiazole rings is 1. The van der Waals surface area contributed by atoms with Crippen LogP contribution in [-0.2, 0) is 11.2 Å². The monoisotopic (exact) mass is 337 g/mol. The van der Waals surface area contributed by atoms with E-state index >= 15 is 0 Å². The molecule has 6 heteroatoms. The van der Waals surface area contributed by atoms with Crippen LogP contribution in [0.1, 0.15) is 10.6 Å². The van der Waals surface area contributed by atoms with Crippen molar-refractivity contribution in [2.24, 2.45) is 0 Å². The van der Waals surface area contributed by atoms with Gasteiger partial charge in [0.2, 0.25) is 0 Å². The van der Waals surface area contributed by atoms with Crippen LogP contribution in [0.4, 0.5) is 11.4 Å². The van der Waals surface area contributed by atoms with Crippen molar-refractivity contribution in [1.82, 2.24) is 4.98 Å². The van der Waals surface area contributed by atoms with E-state index in [9.17, 15) is 4.79 Å². The third-order valence-corrected chi connectivity index (χ3v) is 4.64. The first-order valence-electron chi connectivity index (χ1n) is 7.53. The van der Waals surface area contributed by atoms with Gasteiger partial charge in [-0.3, -0.25) is 4.79 Å². The summed E-state index contributed by atoms with van der Waals surface area (Å²) in [6.45, 7) is 0.0643. The number of nitrogens with two attached hydrogens (primary N) is 1. The Labute approximate surface area is 143 Å². The SMILES string of the molecule is Nc1ccc(Cc2nc(-c3ccc4c(c3)NC(=O)CO4)cs2)cc1. The molecule has 120 valence electrons. The fourth-order valence-corrected chi connectivity index (χ4v) is 3.41. The Bertz CT molecular complexity index is 903. The number of nitrogen functional groups attached to an aromatic ring is 1. The van der Waals surface area contributed by atoms with Crippen molar-refractivity contribution in [2.75, 3.05) is 17.7 Å². The Kier molecular flexibility index (Phi) is 3.66. The Morgan fingerprint density at radius 2 is 2.04 bits per heavy atom. The van der Waals surface area contributed by atoms with Crippen LogP contribution in [0.3, 0.4) is 0 Å². The van der Waals surface area contributed by atoms with Crippen molar-refractivity contribution in [2.45, 2.75) is 6.42 Å². The van der Waals surface area contributed by atoms with Gasteiger partial charge in [0.15, 0.2) is 6.61 Å². The van der Waals surface area contributed by atoms with Crippen LogP contribution in [0.25, 0.3) is 11.3 Å². The minimum Gasteiger partial charge on any atom is -0.482 e. The second kappa shape index (κ2) is 5.98. The Balaban J connectivity index is 1.57. The molecule has 0 saturated heterocycles. The average molecular weight is 337 g/mol. The average Bonchev–Trinajstić information content (AvgIpc) is 3.05. The first kappa shape index (κ1) is 14.7. The zero-order valence-corrected chi connectivity index (χ0v) is 13.6. The lowest BCUT2D eigenvalue weighted by molar-refractivity contribution is -0.118. The number of aromatic nitrogens is 1. The summed E-state index contributed by atoms with van der Waals surface area (Å²) in [5.41, 5.74) is 10.2. The summed E-state index contributed by atoms with van der Waals surface area (Å²) < 4.78 is 5.38. The number of rotatable bonds is 3. The number of anilines is 2. The molecule has 3 aromatic rings. The van der Waals surface area contributed by atoms with Crippen molar-refractivity contribution >= 4 is 28.6 Å². The van der Waals surface area contributed by atoms with E-state index in [1.54, 1.807) is 11.3 Å². The second-order valence-electron chi connectivity index (χ2n) is 5.59. The number of amides is 1. The molecule has 0 radical (unpaired) electrons. The van der Waals surface area contributed by atoms with Crippen molar-refractivity contribution in [1.29, 1.82) is 0 Å². The summed E-state index contributed by atoms with van der Waals surface area (Å²) in [6, 6.07) is 13.5. The maximum atomic E-state index is 11.4. The van der Waals surface area contributed by atoms with Crippen molar-refractivity contribution in [3.63, 3.8) is 0 Å². The van der Waals surface area contributed by atoms with Gasteiger partial charge in [0, 0.05) is 23.1 Å². The van der Waals surface area contributed by atoms with Gasteiger partial charge in [-0.25, -0.2) is 4.98 Å². The van der Waals surface area contributed by atoms with Crippen molar-refractivity contribution < 1.29 is 9.53 Å². The lowest BCUT2D eigenvalue weighted by Gasteiger charge is -2.18. The molecule has 1 aromatic heterocycles. The summed E-state index contributed by atoms with van der Waals surface area (Å²) in [6.07, 6.45) is 0.774. The molecule has 0 bridgehead atoms. The van der Waals surface area contributed by atoms with Gasteiger partial charge in [-0.1, -0.05) is 12.1 Å². The lowest BCUT2D eigenvalue weighted by atomic mass is 10.1. The number of nitrogens with one attached hydrogen (secondary N) is 1. The molecule has 1 aliphatic heterocycles. The molecule has 24 heavy (non-hydrogen) atoms. The molecule has 5 nitrogen and oxygen atoms in total. The molecule has 0 aliphatic carbocycles. The fourth-order valence-electron chi connectivity index (χ4n) is 2.58. The van der Waals surface area contributed by atoms with E-state index in [1.165, 1.54) is 5.56 Å². The number of hydrogen-bond donors (Lipinski definition) is 2. The largest absolute Gasteiger partial charge is 0.482 e. The quantitative estimate of drug-likeness (QED) is 0.719. The molecule has 0 saturated carbocycles. The number of nitrogens with zero attached hydrogens (tertiary/aromatic N) is 1. The summed E-state index contributed by atoms with van der Waals surface area (Å²) in [7, 11) is 0. The molecule has 1 amide bonds. The highest BCUT2D eigenvalue weighted by Crippen LogP contribution is 2.33. The van der Waals surface area contributed by atoms with Gasteiger partial charge in [0.1, 0.15) is 5.75 Å². The normalized spacial score (nSPS) is 13.1. The first-order chi connectivity index (χ1) is 11.7. The molecule has 2 aromatic carbocycles. The maximum Gasteiger partial charge on any atom is 0.262 e. The standard InChI is InChI=1S/C18H15N3O2S/c19-13-4-1-11(2-5-13)7-18-21-15(10-24-18)12-3-6-16-14(8-12)20-17(22)9-23-16/h1-6,8,10H,7,9,19H2,(H,20,22). The highest BCUT2D eigenvalue weighted by molar-refractivity contribution is 7.10. The number of benzene rings is 2. The van der Waals surface area contributed by atoms with E-state index in [1.807, 2.05) is 47.8 Å². The van der Waals surface area contributed by atoms with E-state index in [4.69, 9.17) is 15.5 Å². The molecule has 0 unspecified atom stereocenters. The van der Waals surface area contributed by atoms with Crippen molar-refractivity contribution in [3.05, 3.63) is 58.4 Å². The van der Waals surface area contributed by atoms with Gasteiger partial charge in [0.25, 0.3) is 5.91 Å². The number of carbonyl (C=O) groups is 1. The van der Waals surface area contributed by atoms with E-state index in [0.29, 0.717) is 11.4 Å². The Hall–Kier alpha value is -2.86. The lowest BCUT2D eigenvalue weighted by Crippen LogP contribution is -2.25.